The lowest BCUT2D eigenvalue weighted by molar-refractivity contribution is -0.123. The van der Waals surface area contributed by atoms with Crippen LogP contribution in [0.2, 0.25) is 0 Å². The highest BCUT2D eigenvalue weighted by molar-refractivity contribution is 5.94. The fraction of sp³-hybridized carbons (Fsp3) is 0.481. The van der Waals surface area contributed by atoms with Gasteiger partial charge in [0.2, 0.25) is 5.91 Å². The molecular weight excluding hydrogens is 398 g/mol. The van der Waals surface area contributed by atoms with Gasteiger partial charge in [-0.2, -0.15) is 0 Å². The molecule has 0 aromatic heterocycles. The first-order valence-corrected chi connectivity index (χ1v) is 12.0. The van der Waals surface area contributed by atoms with Crippen molar-refractivity contribution >= 4 is 11.8 Å². The van der Waals surface area contributed by atoms with E-state index in [1.54, 1.807) is 0 Å². The molecule has 1 heterocycles. The summed E-state index contributed by atoms with van der Waals surface area (Å²) in [6.45, 7) is 5.73. The minimum atomic E-state index is 0.111. The van der Waals surface area contributed by atoms with Crippen molar-refractivity contribution in [3.8, 4) is 0 Å². The summed E-state index contributed by atoms with van der Waals surface area (Å²) < 4.78 is 0. The molecule has 32 heavy (non-hydrogen) atoms. The summed E-state index contributed by atoms with van der Waals surface area (Å²) in [5.41, 5.74) is 2.22. The molecule has 0 spiro atoms. The summed E-state index contributed by atoms with van der Waals surface area (Å²) in [4.78, 5) is 29.8. The smallest absolute Gasteiger partial charge is 0.253 e. The van der Waals surface area contributed by atoms with Gasteiger partial charge in [0, 0.05) is 36.7 Å². The van der Waals surface area contributed by atoms with Gasteiger partial charge in [-0.3, -0.25) is 14.5 Å². The summed E-state index contributed by atoms with van der Waals surface area (Å²) in [6, 6.07) is 20.4. The van der Waals surface area contributed by atoms with Gasteiger partial charge < -0.3 is 10.2 Å². The van der Waals surface area contributed by atoms with Crippen molar-refractivity contribution < 1.29 is 9.59 Å². The standard InChI is InChI=1S/C27H35N3O2/c1-2-17-30(20-25(31)28-21-27(15-16-27)23-11-7-4-8-12-23)24-13-18-29(19-14-24)26(32)22-9-5-3-6-10-22/h3-12,24H,2,13-21H2,1H3,(H,28,31). The first-order chi connectivity index (χ1) is 15.6. The molecule has 2 aromatic rings. The van der Waals surface area contributed by atoms with Crippen molar-refractivity contribution in [3.63, 3.8) is 0 Å². The molecule has 0 radical (unpaired) electrons. The van der Waals surface area contributed by atoms with Gasteiger partial charge in [0.25, 0.3) is 5.91 Å². The Bertz CT molecular complexity index is 888. The van der Waals surface area contributed by atoms with Crippen LogP contribution in [0.5, 0.6) is 0 Å². The van der Waals surface area contributed by atoms with Crippen molar-refractivity contribution in [3.05, 3.63) is 71.8 Å². The quantitative estimate of drug-likeness (QED) is 0.654. The number of amides is 2. The molecule has 1 N–H and O–H groups in total. The van der Waals surface area contributed by atoms with E-state index in [1.165, 1.54) is 5.56 Å². The van der Waals surface area contributed by atoms with Gasteiger partial charge in [0.05, 0.1) is 6.54 Å². The Kier molecular flexibility index (Phi) is 7.26. The number of hydrogen-bond donors (Lipinski definition) is 1. The molecule has 2 aliphatic rings. The van der Waals surface area contributed by atoms with Gasteiger partial charge in [-0.05, 0) is 56.3 Å². The lowest BCUT2D eigenvalue weighted by Gasteiger charge is -2.38. The number of hydrogen-bond acceptors (Lipinski definition) is 3. The number of carbonyl (C=O) groups excluding carboxylic acids is 2. The fourth-order valence-electron chi connectivity index (χ4n) is 4.89. The molecule has 0 bridgehead atoms. The number of likely N-dealkylation sites (tertiary alicyclic amines) is 1. The summed E-state index contributed by atoms with van der Waals surface area (Å²) in [7, 11) is 0. The van der Waals surface area contributed by atoms with Gasteiger partial charge >= 0.3 is 0 Å². The molecule has 1 saturated heterocycles. The maximum atomic E-state index is 12.8. The second-order valence-corrected chi connectivity index (χ2v) is 9.28. The molecule has 2 fully saturated rings. The Morgan fingerprint density at radius 3 is 2.22 bits per heavy atom. The minimum Gasteiger partial charge on any atom is -0.354 e. The highest BCUT2D eigenvalue weighted by Crippen LogP contribution is 2.47. The van der Waals surface area contributed by atoms with E-state index in [2.05, 4.69) is 41.4 Å². The molecule has 0 atom stereocenters. The topological polar surface area (TPSA) is 52.7 Å². The molecule has 0 unspecified atom stereocenters. The van der Waals surface area contributed by atoms with Crippen LogP contribution >= 0.6 is 0 Å². The van der Waals surface area contributed by atoms with Crippen LogP contribution in [-0.2, 0) is 10.2 Å². The average molecular weight is 434 g/mol. The monoisotopic (exact) mass is 433 g/mol. The fourth-order valence-corrected chi connectivity index (χ4v) is 4.89. The van der Waals surface area contributed by atoms with Crippen LogP contribution < -0.4 is 5.32 Å². The van der Waals surface area contributed by atoms with Crippen LogP contribution in [0.25, 0.3) is 0 Å². The van der Waals surface area contributed by atoms with E-state index in [-0.39, 0.29) is 17.2 Å². The summed E-state index contributed by atoms with van der Waals surface area (Å²) in [5, 5.41) is 3.22. The molecule has 5 heteroatoms. The zero-order valence-electron chi connectivity index (χ0n) is 19.1. The number of rotatable bonds is 9. The molecule has 1 saturated carbocycles. The Morgan fingerprint density at radius 2 is 1.62 bits per heavy atom. The second kappa shape index (κ2) is 10.3. The molecule has 1 aliphatic carbocycles. The van der Waals surface area contributed by atoms with E-state index in [9.17, 15) is 9.59 Å². The number of piperidine rings is 1. The van der Waals surface area contributed by atoms with Crippen LogP contribution in [0.1, 0.15) is 54.9 Å². The highest BCUT2D eigenvalue weighted by Gasteiger charge is 2.44. The van der Waals surface area contributed by atoms with Crippen LogP contribution in [0.3, 0.4) is 0 Å². The Labute approximate surface area is 191 Å². The van der Waals surface area contributed by atoms with Gasteiger partial charge in [0.15, 0.2) is 0 Å². The van der Waals surface area contributed by atoms with Gasteiger partial charge in [-0.1, -0.05) is 55.5 Å². The summed E-state index contributed by atoms with van der Waals surface area (Å²) in [6.07, 6.45) is 5.14. The predicted octanol–water partition coefficient (Wildman–Crippen LogP) is 3.85. The number of carbonyl (C=O) groups is 2. The third-order valence-electron chi connectivity index (χ3n) is 7.01. The van der Waals surface area contributed by atoms with Crippen LogP contribution in [-0.4, -0.2) is 60.4 Å². The van der Waals surface area contributed by atoms with Crippen molar-refractivity contribution in [1.29, 1.82) is 0 Å². The number of nitrogens with zero attached hydrogens (tertiary/aromatic N) is 2. The zero-order valence-corrected chi connectivity index (χ0v) is 19.1. The van der Waals surface area contributed by atoms with Crippen LogP contribution in [0, 0.1) is 0 Å². The Balaban J connectivity index is 1.27. The maximum Gasteiger partial charge on any atom is 0.253 e. The van der Waals surface area contributed by atoms with Gasteiger partial charge in [-0.25, -0.2) is 0 Å². The predicted molar refractivity (Wildman–Crippen MR) is 128 cm³/mol. The Hall–Kier alpha value is -2.66. The van der Waals surface area contributed by atoms with Gasteiger partial charge in [-0.15, -0.1) is 0 Å². The van der Waals surface area contributed by atoms with E-state index < -0.39 is 0 Å². The zero-order chi connectivity index (χ0) is 22.4. The molecule has 4 rings (SSSR count). The largest absolute Gasteiger partial charge is 0.354 e. The van der Waals surface area contributed by atoms with Crippen LogP contribution in [0.15, 0.2) is 60.7 Å². The van der Waals surface area contributed by atoms with E-state index in [4.69, 9.17) is 0 Å². The molecule has 170 valence electrons. The SMILES string of the molecule is CCCN(CC(=O)NCC1(c2ccccc2)CC1)C1CCN(C(=O)c2ccccc2)CC1. The van der Waals surface area contributed by atoms with E-state index >= 15 is 0 Å². The highest BCUT2D eigenvalue weighted by atomic mass is 16.2. The minimum absolute atomic E-state index is 0.111. The summed E-state index contributed by atoms with van der Waals surface area (Å²) in [5.74, 6) is 0.225. The van der Waals surface area contributed by atoms with Gasteiger partial charge in [0.1, 0.15) is 0 Å². The maximum absolute atomic E-state index is 12.8. The molecule has 1 aliphatic heterocycles. The molecule has 5 nitrogen and oxygen atoms in total. The van der Waals surface area contributed by atoms with E-state index in [1.807, 2.05) is 41.3 Å². The first-order valence-electron chi connectivity index (χ1n) is 12.0. The molecule has 2 amide bonds. The van der Waals surface area contributed by atoms with Crippen molar-refractivity contribution in [1.82, 2.24) is 15.1 Å². The summed E-state index contributed by atoms with van der Waals surface area (Å²) >= 11 is 0. The van der Waals surface area contributed by atoms with Crippen molar-refractivity contribution in [2.24, 2.45) is 0 Å². The molecule has 2 aromatic carbocycles. The lowest BCUT2D eigenvalue weighted by atomic mass is 9.96. The third-order valence-corrected chi connectivity index (χ3v) is 7.01. The average Bonchev–Trinajstić information content (AvgIpc) is 3.65. The number of nitrogens with one attached hydrogen (secondary N) is 1. The van der Waals surface area contributed by atoms with E-state index in [0.29, 0.717) is 12.6 Å². The first kappa shape index (κ1) is 22.5. The molecular formula is C27H35N3O2. The Morgan fingerprint density at radius 1 is 1.00 bits per heavy atom. The second-order valence-electron chi connectivity index (χ2n) is 9.28. The van der Waals surface area contributed by atoms with Crippen LogP contribution in [0.4, 0.5) is 0 Å². The van der Waals surface area contributed by atoms with Crippen molar-refractivity contribution in [2.45, 2.75) is 50.5 Å². The normalized spacial score (nSPS) is 17.9. The lowest BCUT2D eigenvalue weighted by Crippen LogP contribution is -2.50. The van der Waals surface area contributed by atoms with E-state index in [0.717, 1.165) is 63.8 Å². The van der Waals surface area contributed by atoms with Crippen molar-refractivity contribution in [2.75, 3.05) is 32.7 Å². The third kappa shape index (κ3) is 5.39. The number of benzene rings is 2.